The Labute approximate surface area is 113 Å². The molecule has 0 spiro atoms. The van der Waals surface area contributed by atoms with Crippen LogP contribution in [0, 0.1) is 5.92 Å². The molecular formula is C14H31N3O. The zero-order valence-electron chi connectivity index (χ0n) is 12.6. The van der Waals surface area contributed by atoms with E-state index in [4.69, 9.17) is 5.73 Å². The Morgan fingerprint density at radius 2 is 1.94 bits per heavy atom. The van der Waals surface area contributed by atoms with Crippen LogP contribution in [-0.2, 0) is 4.79 Å². The molecule has 0 saturated carbocycles. The largest absolute Gasteiger partial charge is 0.346 e. The highest BCUT2D eigenvalue weighted by atomic mass is 16.2. The zero-order valence-corrected chi connectivity index (χ0v) is 12.6. The second-order valence-electron chi connectivity index (χ2n) is 5.11. The normalized spacial score (nSPS) is 12.8. The second kappa shape index (κ2) is 10.3. The first-order valence-electron chi connectivity index (χ1n) is 7.21. The molecule has 0 bridgehead atoms. The molecule has 0 aromatic rings. The molecule has 1 unspecified atom stereocenters. The van der Waals surface area contributed by atoms with Gasteiger partial charge in [-0.2, -0.15) is 0 Å². The van der Waals surface area contributed by atoms with Crippen LogP contribution >= 0.6 is 0 Å². The molecule has 0 aliphatic carbocycles. The van der Waals surface area contributed by atoms with Gasteiger partial charge in [-0.05, 0) is 25.4 Å². The first-order valence-corrected chi connectivity index (χ1v) is 7.21. The van der Waals surface area contributed by atoms with E-state index in [1.165, 1.54) is 6.42 Å². The lowest BCUT2D eigenvalue weighted by atomic mass is 10.1. The van der Waals surface area contributed by atoms with E-state index >= 15 is 0 Å². The summed E-state index contributed by atoms with van der Waals surface area (Å²) >= 11 is 0. The second-order valence-corrected chi connectivity index (χ2v) is 5.11. The van der Waals surface area contributed by atoms with Crippen molar-refractivity contribution in [1.82, 2.24) is 9.80 Å². The third-order valence-electron chi connectivity index (χ3n) is 3.48. The minimum atomic E-state index is 0.228. The van der Waals surface area contributed by atoms with Crippen LogP contribution in [0.5, 0.6) is 0 Å². The van der Waals surface area contributed by atoms with Crippen molar-refractivity contribution in [2.45, 2.75) is 40.0 Å². The zero-order chi connectivity index (χ0) is 14.0. The highest BCUT2D eigenvalue weighted by Crippen LogP contribution is 2.05. The molecule has 108 valence electrons. The van der Waals surface area contributed by atoms with Crippen molar-refractivity contribution in [2.75, 3.05) is 39.8 Å². The summed E-state index contributed by atoms with van der Waals surface area (Å²) in [5.74, 6) is 0.932. The molecule has 0 saturated heterocycles. The number of hydrogen-bond acceptors (Lipinski definition) is 3. The smallest absolute Gasteiger partial charge is 0.223 e. The molecule has 0 radical (unpaired) electrons. The van der Waals surface area contributed by atoms with Crippen LogP contribution < -0.4 is 5.73 Å². The van der Waals surface area contributed by atoms with E-state index < -0.39 is 0 Å². The van der Waals surface area contributed by atoms with Crippen LogP contribution in [0.1, 0.15) is 40.0 Å². The van der Waals surface area contributed by atoms with Crippen molar-refractivity contribution in [2.24, 2.45) is 11.7 Å². The predicted molar refractivity (Wildman–Crippen MR) is 77.5 cm³/mol. The topological polar surface area (TPSA) is 49.6 Å². The monoisotopic (exact) mass is 257 g/mol. The Morgan fingerprint density at radius 3 is 2.44 bits per heavy atom. The highest BCUT2D eigenvalue weighted by molar-refractivity contribution is 5.76. The van der Waals surface area contributed by atoms with Gasteiger partial charge in [0, 0.05) is 33.1 Å². The van der Waals surface area contributed by atoms with Gasteiger partial charge in [-0.15, -0.1) is 0 Å². The van der Waals surface area contributed by atoms with E-state index in [1.54, 1.807) is 4.90 Å². The van der Waals surface area contributed by atoms with E-state index in [-0.39, 0.29) is 5.91 Å². The van der Waals surface area contributed by atoms with Crippen LogP contribution in [0.25, 0.3) is 0 Å². The lowest BCUT2D eigenvalue weighted by Gasteiger charge is -2.24. The molecule has 0 aromatic heterocycles. The van der Waals surface area contributed by atoms with Gasteiger partial charge in [0.2, 0.25) is 5.91 Å². The lowest BCUT2D eigenvalue weighted by molar-refractivity contribution is -0.130. The summed E-state index contributed by atoms with van der Waals surface area (Å²) in [5.41, 5.74) is 5.44. The van der Waals surface area contributed by atoms with Gasteiger partial charge in [-0.25, -0.2) is 0 Å². The molecule has 0 fully saturated rings. The van der Waals surface area contributed by atoms with Crippen LogP contribution in [0.2, 0.25) is 0 Å². The standard InChI is InChI=1S/C14H31N3O/c1-5-13(3)12-17(6-2)11-8-14(18)16(4)10-7-9-15/h13H,5-12,15H2,1-4H3. The minimum Gasteiger partial charge on any atom is -0.346 e. The molecule has 1 atom stereocenters. The van der Waals surface area contributed by atoms with Gasteiger partial charge in [-0.3, -0.25) is 4.79 Å². The van der Waals surface area contributed by atoms with Gasteiger partial charge in [0.1, 0.15) is 0 Å². The average molecular weight is 257 g/mol. The molecule has 0 aliphatic heterocycles. The average Bonchev–Trinajstić information content (AvgIpc) is 2.39. The van der Waals surface area contributed by atoms with Crippen molar-refractivity contribution in [3.8, 4) is 0 Å². The van der Waals surface area contributed by atoms with E-state index in [9.17, 15) is 4.79 Å². The van der Waals surface area contributed by atoms with E-state index in [1.807, 2.05) is 7.05 Å². The maximum Gasteiger partial charge on any atom is 0.223 e. The summed E-state index contributed by atoms with van der Waals surface area (Å²) in [7, 11) is 1.86. The van der Waals surface area contributed by atoms with Crippen molar-refractivity contribution in [1.29, 1.82) is 0 Å². The number of nitrogens with zero attached hydrogens (tertiary/aromatic N) is 2. The summed E-state index contributed by atoms with van der Waals surface area (Å²) in [5, 5.41) is 0. The third kappa shape index (κ3) is 7.67. The summed E-state index contributed by atoms with van der Waals surface area (Å²) in [6.07, 6.45) is 2.69. The number of nitrogens with two attached hydrogens (primary N) is 1. The highest BCUT2D eigenvalue weighted by Gasteiger charge is 2.12. The number of hydrogen-bond donors (Lipinski definition) is 1. The Balaban J connectivity index is 3.92. The molecular weight excluding hydrogens is 226 g/mol. The number of carbonyl (C=O) groups excluding carboxylic acids is 1. The molecule has 0 aliphatic rings. The lowest BCUT2D eigenvalue weighted by Crippen LogP contribution is -2.35. The Bertz CT molecular complexity index is 221. The van der Waals surface area contributed by atoms with Crippen molar-refractivity contribution in [3.05, 3.63) is 0 Å². The van der Waals surface area contributed by atoms with Gasteiger partial charge >= 0.3 is 0 Å². The molecule has 0 heterocycles. The van der Waals surface area contributed by atoms with Gasteiger partial charge in [0.05, 0.1) is 0 Å². The van der Waals surface area contributed by atoms with Gasteiger partial charge in [0.15, 0.2) is 0 Å². The van der Waals surface area contributed by atoms with Crippen LogP contribution in [-0.4, -0.2) is 55.5 Å². The summed E-state index contributed by atoms with van der Waals surface area (Å²) in [6.45, 7) is 11.0. The van der Waals surface area contributed by atoms with E-state index in [2.05, 4.69) is 25.7 Å². The van der Waals surface area contributed by atoms with Crippen LogP contribution in [0.15, 0.2) is 0 Å². The first-order chi connectivity index (χ1) is 8.54. The Morgan fingerprint density at radius 1 is 1.28 bits per heavy atom. The van der Waals surface area contributed by atoms with E-state index in [0.717, 1.165) is 32.6 Å². The Hall–Kier alpha value is -0.610. The molecule has 0 aromatic carbocycles. The molecule has 1 amide bonds. The van der Waals surface area contributed by atoms with E-state index in [0.29, 0.717) is 18.9 Å². The number of carbonyl (C=O) groups is 1. The van der Waals surface area contributed by atoms with Crippen LogP contribution in [0.3, 0.4) is 0 Å². The first kappa shape index (κ1) is 17.4. The molecule has 4 heteroatoms. The maximum absolute atomic E-state index is 11.9. The number of amides is 1. The quantitative estimate of drug-likeness (QED) is 0.646. The van der Waals surface area contributed by atoms with Gasteiger partial charge < -0.3 is 15.5 Å². The third-order valence-corrected chi connectivity index (χ3v) is 3.48. The van der Waals surface area contributed by atoms with Crippen molar-refractivity contribution in [3.63, 3.8) is 0 Å². The summed E-state index contributed by atoms with van der Waals surface area (Å²) in [6, 6.07) is 0. The van der Waals surface area contributed by atoms with Crippen molar-refractivity contribution >= 4 is 5.91 Å². The fraction of sp³-hybridized carbons (Fsp3) is 0.929. The van der Waals surface area contributed by atoms with Gasteiger partial charge in [-0.1, -0.05) is 27.2 Å². The fourth-order valence-electron chi connectivity index (χ4n) is 1.85. The summed E-state index contributed by atoms with van der Waals surface area (Å²) < 4.78 is 0. The molecule has 18 heavy (non-hydrogen) atoms. The van der Waals surface area contributed by atoms with Gasteiger partial charge in [0.25, 0.3) is 0 Å². The molecule has 4 nitrogen and oxygen atoms in total. The Kier molecular flexibility index (Phi) is 9.98. The molecule has 2 N–H and O–H groups in total. The maximum atomic E-state index is 11.9. The SMILES string of the molecule is CCC(C)CN(CC)CCC(=O)N(C)CCCN. The summed E-state index contributed by atoms with van der Waals surface area (Å²) in [4.78, 5) is 16.0. The minimum absolute atomic E-state index is 0.228. The molecule has 0 rings (SSSR count). The number of rotatable bonds is 10. The van der Waals surface area contributed by atoms with Crippen molar-refractivity contribution < 1.29 is 4.79 Å². The fourth-order valence-corrected chi connectivity index (χ4v) is 1.85. The van der Waals surface area contributed by atoms with Crippen LogP contribution in [0.4, 0.5) is 0 Å². The predicted octanol–water partition coefficient (Wildman–Crippen LogP) is 1.55.